The lowest BCUT2D eigenvalue weighted by Crippen LogP contribution is -2.52. The molecule has 1 spiro atoms. The second-order valence-electron chi connectivity index (χ2n) is 11.4. The quantitative estimate of drug-likeness (QED) is 0.486. The van der Waals surface area contributed by atoms with E-state index in [1.165, 1.54) is 6.42 Å². The molecule has 0 bridgehead atoms. The second kappa shape index (κ2) is 9.25. The second-order valence-corrected chi connectivity index (χ2v) is 11.4. The number of β-amino-alcohol motifs (C(OH)–C–C–N with tert-alkyl or cyclic N) is 1. The maximum Gasteiger partial charge on any atom is 0.268 e. The van der Waals surface area contributed by atoms with Crippen molar-refractivity contribution in [2.75, 3.05) is 49.5 Å². The van der Waals surface area contributed by atoms with Crippen molar-refractivity contribution in [3.05, 3.63) is 36.3 Å². The highest BCUT2D eigenvalue weighted by Crippen LogP contribution is 2.40. The largest absolute Gasteiger partial charge is 0.389 e. The van der Waals surface area contributed by atoms with E-state index in [9.17, 15) is 9.90 Å². The van der Waals surface area contributed by atoms with Gasteiger partial charge in [-0.3, -0.25) is 9.69 Å². The van der Waals surface area contributed by atoms with Crippen LogP contribution in [-0.2, 0) is 5.54 Å². The van der Waals surface area contributed by atoms with Gasteiger partial charge in [-0.15, -0.1) is 0 Å². The fraction of sp³-hybridized carbons (Fsp3) is 0.556. The van der Waals surface area contributed by atoms with E-state index in [4.69, 9.17) is 4.98 Å². The van der Waals surface area contributed by atoms with Crippen molar-refractivity contribution in [3.63, 3.8) is 0 Å². The van der Waals surface area contributed by atoms with Gasteiger partial charge in [-0.2, -0.15) is 4.98 Å². The molecule has 1 amide bonds. The Morgan fingerprint density at radius 2 is 1.86 bits per heavy atom. The Kier molecular flexibility index (Phi) is 6.03. The molecule has 1 saturated heterocycles. The summed E-state index contributed by atoms with van der Waals surface area (Å²) in [6, 6.07) is 5.94. The van der Waals surface area contributed by atoms with E-state index in [0.29, 0.717) is 30.5 Å². The van der Waals surface area contributed by atoms with Gasteiger partial charge in [-0.1, -0.05) is 19.3 Å². The maximum absolute atomic E-state index is 12.7. The summed E-state index contributed by atoms with van der Waals surface area (Å²) >= 11 is 0. The van der Waals surface area contributed by atoms with Gasteiger partial charge in [0.1, 0.15) is 17.2 Å². The molecule has 3 aromatic rings. The Morgan fingerprint density at radius 1 is 1.08 bits per heavy atom. The van der Waals surface area contributed by atoms with Crippen molar-refractivity contribution in [1.29, 1.82) is 0 Å². The van der Waals surface area contributed by atoms with E-state index >= 15 is 0 Å². The van der Waals surface area contributed by atoms with E-state index < -0.39 is 5.60 Å². The number of aromatic nitrogens is 4. The molecule has 0 aromatic carbocycles. The molecule has 3 aromatic heterocycles. The van der Waals surface area contributed by atoms with Crippen LogP contribution in [0.5, 0.6) is 0 Å². The first kappa shape index (κ1) is 24.1. The van der Waals surface area contributed by atoms with Crippen molar-refractivity contribution in [2.45, 2.75) is 57.1 Å². The summed E-state index contributed by atoms with van der Waals surface area (Å²) in [6.07, 6.45) is 9.34. The maximum atomic E-state index is 12.7. The zero-order valence-corrected chi connectivity index (χ0v) is 21.7. The van der Waals surface area contributed by atoms with E-state index in [0.717, 1.165) is 68.6 Å². The minimum Gasteiger partial charge on any atom is -0.389 e. The van der Waals surface area contributed by atoms with Crippen LogP contribution < -0.4 is 15.5 Å². The highest BCUT2D eigenvalue weighted by molar-refractivity contribution is 5.99. The van der Waals surface area contributed by atoms with Crippen LogP contribution in [0.4, 0.5) is 17.5 Å². The molecule has 37 heavy (non-hydrogen) atoms. The van der Waals surface area contributed by atoms with Crippen molar-refractivity contribution in [2.24, 2.45) is 0 Å². The average molecular weight is 505 g/mol. The van der Waals surface area contributed by atoms with Gasteiger partial charge in [-0.05, 0) is 44.9 Å². The normalized spacial score (nSPS) is 20.2. The number of nitrogens with one attached hydrogen (secondary N) is 2. The van der Waals surface area contributed by atoms with Gasteiger partial charge in [0.15, 0.2) is 0 Å². The number of fused-ring (bicyclic) bond motifs is 4. The summed E-state index contributed by atoms with van der Waals surface area (Å²) < 4.78 is 2.18. The SMILES string of the molecule is CC(C)(O)CN1CCN(c2ccc(Nc3ncc4cc5n(c4n3)C3(CCCCC3)CNC5=O)nc2)CC1. The van der Waals surface area contributed by atoms with Crippen LogP contribution in [-0.4, -0.2) is 80.3 Å². The third-order valence-electron chi connectivity index (χ3n) is 7.95. The summed E-state index contributed by atoms with van der Waals surface area (Å²) in [5.74, 6) is 1.12. The molecule has 0 unspecified atom stereocenters. The molecule has 3 N–H and O–H groups in total. The predicted octanol–water partition coefficient (Wildman–Crippen LogP) is 2.87. The number of nitrogens with zero attached hydrogens (tertiary/aromatic N) is 6. The third kappa shape index (κ3) is 4.75. The molecule has 2 aliphatic heterocycles. The van der Waals surface area contributed by atoms with Gasteiger partial charge in [0, 0.05) is 50.9 Å². The Bertz CT molecular complexity index is 1280. The summed E-state index contributed by atoms with van der Waals surface area (Å²) in [5.41, 5.74) is 1.79. The molecule has 10 nitrogen and oxygen atoms in total. The van der Waals surface area contributed by atoms with Crippen molar-refractivity contribution in [3.8, 4) is 0 Å². The Morgan fingerprint density at radius 3 is 2.57 bits per heavy atom. The van der Waals surface area contributed by atoms with Crippen LogP contribution in [0.25, 0.3) is 11.0 Å². The van der Waals surface area contributed by atoms with E-state index in [1.807, 2.05) is 32.2 Å². The molecular formula is C27H36N8O2. The molecule has 3 aliphatic rings. The first-order valence-corrected chi connectivity index (χ1v) is 13.4. The van der Waals surface area contributed by atoms with Gasteiger partial charge in [-0.25, -0.2) is 9.97 Å². The molecule has 0 radical (unpaired) electrons. The molecule has 2 fully saturated rings. The fourth-order valence-corrected chi connectivity index (χ4v) is 6.19. The Balaban J connectivity index is 1.19. The molecular weight excluding hydrogens is 468 g/mol. The van der Waals surface area contributed by atoms with Crippen molar-refractivity contribution >= 4 is 34.4 Å². The number of carbonyl (C=O) groups is 1. The number of carbonyl (C=O) groups excluding carboxylic acids is 1. The minimum atomic E-state index is -0.675. The number of piperazine rings is 1. The van der Waals surface area contributed by atoms with Crippen LogP contribution in [0.3, 0.4) is 0 Å². The highest BCUT2D eigenvalue weighted by atomic mass is 16.3. The highest BCUT2D eigenvalue weighted by Gasteiger charge is 2.41. The van der Waals surface area contributed by atoms with E-state index in [2.05, 4.69) is 41.0 Å². The first-order chi connectivity index (χ1) is 17.8. The monoisotopic (exact) mass is 504 g/mol. The smallest absolute Gasteiger partial charge is 0.268 e. The molecule has 10 heteroatoms. The topological polar surface area (TPSA) is 111 Å². The Labute approximate surface area is 217 Å². The van der Waals surface area contributed by atoms with Crippen LogP contribution >= 0.6 is 0 Å². The average Bonchev–Trinajstić information content (AvgIpc) is 3.28. The zero-order chi connectivity index (χ0) is 25.6. The van der Waals surface area contributed by atoms with Gasteiger partial charge in [0.05, 0.1) is 23.0 Å². The van der Waals surface area contributed by atoms with Gasteiger partial charge >= 0.3 is 0 Å². The number of amides is 1. The summed E-state index contributed by atoms with van der Waals surface area (Å²) in [4.78, 5) is 31.3. The first-order valence-electron chi connectivity index (χ1n) is 13.4. The van der Waals surface area contributed by atoms with Crippen LogP contribution in [0.1, 0.15) is 56.4 Å². The number of pyridine rings is 1. The van der Waals surface area contributed by atoms with Crippen LogP contribution in [0.2, 0.25) is 0 Å². The molecule has 5 heterocycles. The number of anilines is 3. The van der Waals surface area contributed by atoms with Crippen molar-refractivity contribution < 1.29 is 9.90 Å². The molecule has 1 aliphatic carbocycles. The molecule has 0 atom stereocenters. The zero-order valence-electron chi connectivity index (χ0n) is 21.7. The van der Waals surface area contributed by atoms with Gasteiger partial charge < -0.3 is 25.2 Å². The Hall–Kier alpha value is -3.24. The number of rotatable bonds is 5. The van der Waals surface area contributed by atoms with E-state index in [-0.39, 0.29) is 11.4 Å². The van der Waals surface area contributed by atoms with Crippen LogP contribution in [0.15, 0.2) is 30.6 Å². The van der Waals surface area contributed by atoms with Crippen LogP contribution in [0, 0.1) is 0 Å². The predicted molar refractivity (Wildman–Crippen MR) is 143 cm³/mol. The lowest BCUT2D eigenvalue weighted by atomic mass is 9.80. The standard InChI is InChI=1S/C27H36N8O2/c1-26(2,37)18-33-10-12-34(13-11-33)20-6-7-22(28-16-20)31-25-29-15-19-14-21-24(36)30-17-27(8-4-3-5-9-27)35(21)23(19)32-25/h6-7,14-16,37H,3-5,8-13,17-18H2,1-2H3,(H,30,36)(H,28,29,31,32). The van der Waals surface area contributed by atoms with Gasteiger partial charge in [0.25, 0.3) is 5.91 Å². The molecule has 6 rings (SSSR count). The minimum absolute atomic E-state index is 0.0399. The summed E-state index contributed by atoms with van der Waals surface area (Å²) in [5, 5.41) is 17.3. The number of hydrogen-bond acceptors (Lipinski definition) is 8. The van der Waals surface area contributed by atoms with Crippen molar-refractivity contribution in [1.82, 2.24) is 29.7 Å². The molecule has 196 valence electrons. The summed E-state index contributed by atoms with van der Waals surface area (Å²) in [7, 11) is 0. The lowest BCUT2D eigenvalue weighted by molar-refractivity contribution is 0.0345. The summed E-state index contributed by atoms with van der Waals surface area (Å²) in [6.45, 7) is 8.68. The van der Waals surface area contributed by atoms with Gasteiger partial charge in [0.2, 0.25) is 5.95 Å². The third-order valence-corrected chi connectivity index (χ3v) is 7.95. The lowest BCUT2D eigenvalue weighted by Gasteiger charge is -2.42. The number of hydrogen-bond donors (Lipinski definition) is 3. The fourth-order valence-electron chi connectivity index (χ4n) is 6.19. The molecule has 1 saturated carbocycles. The number of aliphatic hydroxyl groups is 1. The van der Waals surface area contributed by atoms with E-state index in [1.54, 1.807) is 6.20 Å².